The zero-order valence-corrected chi connectivity index (χ0v) is 9.73. The number of nitrogens with zero attached hydrogens (tertiary/aromatic N) is 2. The second-order valence-corrected chi connectivity index (χ2v) is 3.81. The van der Waals surface area contributed by atoms with Gasteiger partial charge in [0.1, 0.15) is 5.60 Å². The van der Waals surface area contributed by atoms with Crippen molar-refractivity contribution in [3.63, 3.8) is 0 Å². The van der Waals surface area contributed by atoms with Crippen molar-refractivity contribution >= 4 is 0 Å². The van der Waals surface area contributed by atoms with E-state index in [1.807, 2.05) is 17.8 Å². The fourth-order valence-corrected chi connectivity index (χ4v) is 1.58. The van der Waals surface area contributed by atoms with E-state index in [4.69, 9.17) is 4.74 Å². The highest BCUT2D eigenvalue weighted by atomic mass is 16.5. The van der Waals surface area contributed by atoms with Gasteiger partial charge in [-0.05, 0) is 12.8 Å². The van der Waals surface area contributed by atoms with E-state index in [1.54, 1.807) is 13.3 Å². The van der Waals surface area contributed by atoms with Crippen LogP contribution in [-0.2, 0) is 16.9 Å². The first kappa shape index (κ1) is 12.2. The number of rotatable bonds is 6. The summed E-state index contributed by atoms with van der Waals surface area (Å²) in [6.07, 6.45) is 5.28. The van der Waals surface area contributed by atoms with Crippen LogP contribution in [0, 0.1) is 0 Å². The van der Waals surface area contributed by atoms with Crippen LogP contribution in [0.25, 0.3) is 0 Å². The van der Waals surface area contributed by atoms with Crippen LogP contribution in [0.4, 0.5) is 0 Å². The molecule has 0 aliphatic heterocycles. The summed E-state index contributed by atoms with van der Waals surface area (Å²) in [6, 6.07) is 0. The molecule has 1 aromatic rings. The summed E-state index contributed by atoms with van der Waals surface area (Å²) in [5, 5.41) is 14.5. The molecule has 0 saturated heterocycles. The lowest BCUT2D eigenvalue weighted by Crippen LogP contribution is -2.29. The lowest BCUT2D eigenvalue weighted by molar-refractivity contribution is -0.0386. The highest BCUT2D eigenvalue weighted by Crippen LogP contribution is 2.24. The molecule has 0 spiro atoms. The summed E-state index contributed by atoms with van der Waals surface area (Å²) >= 11 is 0. The second-order valence-electron chi connectivity index (χ2n) is 3.81. The standard InChI is InChI=1S/C11H20N2O2/c1-4-6-13-8-10(7-12-13)11(14,5-2)9-15-3/h7-8,14H,4-6,9H2,1-3H3. The highest BCUT2D eigenvalue weighted by molar-refractivity contribution is 5.15. The van der Waals surface area contributed by atoms with Crippen LogP contribution in [0.2, 0.25) is 0 Å². The van der Waals surface area contributed by atoms with Gasteiger partial charge in [0.25, 0.3) is 0 Å². The van der Waals surface area contributed by atoms with Crippen LogP contribution in [0.3, 0.4) is 0 Å². The molecule has 86 valence electrons. The summed E-state index contributed by atoms with van der Waals surface area (Å²) in [7, 11) is 1.59. The van der Waals surface area contributed by atoms with E-state index >= 15 is 0 Å². The average molecular weight is 212 g/mol. The third kappa shape index (κ3) is 2.79. The van der Waals surface area contributed by atoms with Gasteiger partial charge in [-0.25, -0.2) is 0 Å². The second kappa shape index (κ2) is 5.28. The number of hydrogen-bond donors (Lipinski definition) is 1. The Labute approximate surface area is 90.9 Å². The van der Waals surface area contributed by atoms with Gasteiger partial charge < -0.3 is 9.84 Å². The molecular weight excluding hydrogens is 192 g/mol. The largest absolute Gasteiger partial charge is 0.383 e. The fourth-order valence-electron chi connectivity index (χ4n) is 1.58. The summed E-state index contributed by atoms with van der Waals surface area (Å²) in [5.41, 5.74) is -0.0684. The van der Waals surface area contributed by atoms with E-state index in [0.717, 1.165) is 18.5 Å². The Hall–Kier alpha value is -0.870. The Morgan fingerprint density at radius 3 is 2.80 bits per heavy atom. The van der Waals surface area contributed by atoms with E-state index in [9.17, 15) is 5.11 Å². The maximum atomic E-state index is 10.3. The molecule has 4 nitrogen and oxygen atoms in total. The van der Waals surface area contributed by atoms with Gasteiger partial charge in [0, 0.05) is 25.4 Å². The Bertz CT molecular complexity index is 299. The molecule has 0 amide bonds. The van der Waals surface area contributed by atoms with Gasteiger partial charge in [0.05, 0.1) is 12.8 Å². The van der Waals surface area contributed by atoms with Crippen LogP contribution < -0.4 is 0 Å². The molecule has 0 aliphatic carbocycles. The molecule has 0 radical (unpaired) electrons. The number of aliphatic hydroxyl groups is 1. The Morgan fingerprint density at radius 1 is 1.53 bits per heavy atom. The normalized spacial score (nSPS) is 15.2. The topological polar surface area (TPSA) is 47.3 Å². The quantitative estimate of drug-likeness (QED) is 0.778. The minimum absolute atomic E-state index is 0.307. The van der Waals surface area contributed by atoms with Crippen molar-refractivity contribution in [1.29, 1.82) is 0 Å². The molecular formula is C11H20N2O2. The van der Waals surface area contributed by atoms with Crippen LogP contribution >= 0.6 is 0 Å². The molecule has 1 N–H and O–H groups in total. The molecule has 0 saturated carbocycles. The molecule has 1 rings (SSSR count). The summed E-state index contributed by atoms with van der Waals surface area (Å²) in [4.78, 5) is 0. The van der Waals surface area contributed by atoms with Crippen LogP contribution in [0.1, 0.15) is 32.3 Å². The third-order valence-electron chi connectivity index (χ3n) is 2.59. The van der Waals surface area contributed by atoms with Crippen LogP contribution in [0.5, 0.6) is 0 Å². The maximum absolute atomic E-state index is 10.3. The Morgan fingerprint density at radius 2 is 2.27 bits per heavy atom. The van der Waals surface area contributed by atoms with Crippen LogP contribution in [-0.4, -0.2) is 28.6 Å². The molecule has 0 aromatic carbocycles. The van der Waals surface area contributed by atoms with Gasteiger partial charge in [-0.2, -0.15) is 5.10 Å². The van der Waals surface area contributed by atoms with Gasteiger partial charge in [-0.3, -0.25) is 4.68 Å². The first-order valence-electron chi connectivity index (χ1n) is 5.40. The molecule has 0 fully saturated rings. The van der Waals surface area contributed by atoms with Gasteiger partial charge >= 0.3 is 0 Å². The first-order valence-corrected chi connectivity index (χ1v) is 5.40. The van der Waals surface area contributed by atoms with Gasteiger partial charge in [-0.1, -0.05) is 13.8 Å². The first-order chi connectivity index (χ1) is 7.16. The lowest BCUT2D eigenvalue weighted by Gasteiger charge is -2.24. The van der Waals surface area contributed by atoms with Crippen LogP contribution in [0.15, 0.2) is 12.4 Å². The average Bonchev–Trinajstić information content (AvgIpc) is 2.68. The summed E-state index contributed by atoms with van der Waals surface area (Å²) in [6.45, 7) is 5.23. The van der Waals surface area contributed by atoms with E-state index in [-0.39, 0.29) is 0 Å². The minimum atomic E-state index is -0.902. The molecule has 0 bridgehead atoms. The number of ether oxygens (including phenoxy) is 1. The molecule has 1 atom stereocenters. The van der Waals surface area contributed by atoms with Crippen molar-refractivity contribution in [2.75, 3.05) is 13.7 Å². The van der Waals surface area contributed by atoms with Crippen molar-refractivity contribution in [1.82, 2.24) is 9.78 Å². The fraction of sp³-hybridized carbons (Fsp3) is 0.727. The third-order valence-corrected chi connectivity index (χ3v) is 2.59. The minimum Gasteiger partial charge on any atom is -0.383 e. The lowest BCUT2D eigenvalue weighted by atomic mass is 9.95. The SMILES string of the molecule is CCCn1cc(C(O)(CC)COC)cn1. The predicted molar refractivity (Wildman–Crippen MR) is 58.6 cm³/mol. The highest BCUT2D eigenvalue weighted by Gasteiger charge is 2.28. The zero-order chi connectivity index (χ0) is 11.3. The summed E-state index contributed by atoms with van der Waals surface area (Å²) < 4.78 is 6.89. The Balaban J connectivity index is 2.82. The molecule has 0 aliphatic rings. The monoisotopic (exact) mass is 212 g/mol. The Kier molecular flexibility index (Phi) is 4.29. The van der Waals surface area contributed by atoms with E-state index in [0.29, 0.717) is 13.0 Å². The molecule has 1 unspecified atom stereocenters. The van der Waals surface area contributed by atoms with E-state index < -0.39 is 5.60 Å². The number of aromatic nitrogens is 2. The predicted octanol–water partition coefficient (Wildman–Crippen LogP) is 1.54. The number of hydrogen-bond acceptors (Lipinski definition) is 3. The van der Waals surface area contributed by atoms with Crippen molar-refractivity contribution in [3.05, 3.63) is 18.0 Å². The number of methoxy groups -OCH3 is 1. The molecule has 1 heterocycles. The van der Waals surface area contributed by atoms with E-state index in [1.165, 1.54) is 0 Å². The smallest absolute Gasteiger partial charge is 0.116 e. The van der Waals surface area contributed by atoms with Crippen molar-refractivity contribution in [2.45, 2.75) is 38.8 Å². The van der Waals surface area contributed by atoms with Crippen molar-refractivity contribution in [2.24, 2.45) is 0 Å². The molecule has 4 heteroatoms. The number of aryl methyl sites for hydroxylation is 1. The van der Waals surface area contributed by atoms with Crippen molar-refractivity contribution < 1.29 is 9.84 Å². The van der Waals surface area contributed by atoms with Crippen molar-refractivity contribution in [3.8, 4) is 0 Å². The maximum Gasteiger partial charge on any atom is 0.116 e. The van der Waals surface area contributed by atoms with Gasteiger partial charge in [0.2, 0.25) is 0 Å². The van der Waals surface area contributed by atoms with Gasteiger partial charge in [0.15, 0.2) is 0 Å². The molecule has 15 heavy (non-hydrogen) atoms. The van der Waals surface area contributed by atoms with Gasteiger partial charge in [-0.15, -0.1) is 0 Å². The van der Waals surface area contributed by atoms with E-state index in [2.05, 4.69) is 12.0 Å². The summed E-state index contributed by atoms with van der Waals surface area (Å²) in [5.74, 6) is 0. The zero-order valence-electron chi connectivity index (χ0n) is 9.73. The molecule has 1 aromatic heterocycles.